The monoisotopic (exact) mass is 235 g/mol. The van der Waals surface area contributed by atoms with Gasteiger partial charge in [0.2, 0.25) is 0 Å². The van der Waals surface area contributed by atoms with Gasteiger partial charge in [0.05, 0.1) is 6.61 Å². The minimum atomic E-state index is 0.0833. The standard InChI is InChI=1S/C14H21NO2/c1-11(14-4-2-3-9-15-14)17-13-7-5-12(10-16)6-8-13/h5-8,11,14-16H,2-4,9-10H2,1H3. The molecule has 3 heteroatoms. The van der Waals surface area contributed by atoms with Crippen LogP contribution in [-0.4, -0.2) is 23.8 Å². The van der Waals surface area contributed by atoms with E-state index in [9.17, 15) is 0 Å². The van der Waals surface area contributed by atoms with E-state index in [1.807, 2.05) is 24.3 Å². The molecule has 3 nitrogen and oxygen atoms in total. The van der Waals surface area contributed by atoms with Crippen LogP contribution >= 0.6 is 0 Å². The first-order valence-corrected chi connectivity index (χ1v) is 6.39. The number of aliphatic hydroxyl groups excluding tert-OH is 1. The van der Waals surface area contributed by atoms with Crippen LogP contribution in [0.5, 0.6) is 5.75 Å². The first-order valence-electron chi connectivity index (χ1n) is 6.39. The Morgan fingerprint density at radius 3 is 2.71 bits per heavy atom. The lowest BCUT2D eigenvalue weighted by molar-refractivity contribution is 0.152. The fourth-order valence-corrected chi connectivity index (χ4v) is 2.25. The molecule has 1 aliphatic rings. The summed E-state index contributed by atoms with van der Waals surface area (Å²) in [7, 11) is 0. The van der Waals surface area contributed by atoms with Gasteiger partial charge in [-0.1, -0.05) is 18.6 Å². The van der Waals surface area contributed by atoms with Crippen molar-refractivity contribution in [1.82, 2.24) is 5.32 Å². The molecule has 2 unspecified atom stereocenters. The Bertz CT molecular complexity index is 331. The zero-order valence-corrected chi connectivity index (χ0v) is 10.4. The molecule has 17 heavy (non-hydrogen) atoms. The Morgan fingerprint density at radius 2 is 2.12 bits per heavy atom. The molecule has 94 valence electrons. The lowest BCUT2D eigenvalue weighted by atomic mass is 10.0. The van der Waals surface area contributed by atoms with Crippen LogP contribution < -0.4 is 10.1 Å². The summed E-state index contributed by atoms with van der Waals surface area (Å²) in [5.74, 6) is 0.877. The van der Waals surface area contributed by atoms with E-state index in [1.54, 1.807) is 0 Å². The molecule has 1 aromatic carbocycles. The summed E-state index contributed by atoms with van der Waals surface area (Å²) in [6.07, 6.45) is 3.94. The quantitative estimate of drug-likeness (QED) is 0.839. The summed E-state index contributed by atoms with van der Waals surface area (Å²) < 4.78 is 5.91. The second kappa shape index (κ2) is 6.03. The Labute approximate surface area is 103 Å². The van der Waals surface area contributed by atoms with Crippen molar-refractivity contribution in [2.45, 2.75) is 44.9 Å². The molecule has 0 aliphatic carbocycles. The lowest BCUT2D eigenvalue weighted by Gasteiger charge is -2.29. The van der Waals surface area contributed by atoms with Gasteiger partial charge in [0.25, 0.3) is 0 Å². The fourth-order valence-electron chi connectivity index (χ4n) is 2.25. The lowest BCUT2D eigenvalue weighted by Crippen LogP contribution is -2.44. The second-order valence-corrected chi connectivity index (χ2v) is 4.68. The molecule has 1 heterocycles. The van der Waals surface area contributed by atoms with Crippen LogP contribution in [-0.2, 0) is 6.61 Å². The van der Waals surface area contributed by atoms with E-state index in [4.69, 9.17) is 9.84 Å². The van der Waals surface area contributed by atoms with Crippen molar-refractivity contribution < 1.29 is 9.84 Å². The molecule has 1 aliphatic heterocycles. The molecule has 2 atom stereocenters. The predicted molar refractivity (Wildman–Crippen MR) is 68.1 cm³/mol. The zero-order chi connectivity index (χ0) is 12.1. The number of rotatable bonds is 4. The van der Waals surface area contributed by atoms with E-state index in [0.29, 0.717) is 6.04 Å². The minimum absolute atomic E-state index is 0.0833. The summed E-state index contributed by atoms with van der Waals surface area (Å²) in [6, 6.07) is 8.10. The molecule has 0 amide bonds. The van der Waals surface area contributed by atoms with Crippen LogP contribution in [0.1, 0.15) is 31.7 Å². The Kier molecular flexibility index (Phi) is 4.40. The summed E-state index contributed by atoms with van der Waals surface area (Å²) in [5.41, 5.74) is 0.917. The van der Waals surface area contributed by atoms with Gasteiger partial charge in [0.1, 0.15) is 11.9 Å². The molecule has 0 bridgehead atoms. The fraction of sp³-hybridized carbons (Fsp3) is 0.571. The highest BCUT2D eigenvalue weighted by Gasteiger charge is 2.20. The Balaban J connectivity index is 1.89. The molecule has 2 rings (SSSR count). The largest absolute Gasteiger partial charge is 0.489 e. The molecule has 0 spiro atoms. The number of piperidine rings is 1. The van der Waals surface area contributed by atoms with Crippen LogP contribution in [0.3, 0.4) is 0 Å². The topological polar surface area (TPSA) is 41.5 Å². The van der Waals surface area contributed by atoms with E-state index in [1.165, 1.54) is 19.3 Å². The van der Waals surface area contributed by atoms with Gasteiger partial charge in [-0.25, -0.2) is 0 Å². The van der Waals surface area contributed by atoms with Crippen molar-refractivity contribution >= 4 is 0 Å². The van der Waals surface area contributed by atoms with Crippen LogP contribution in [0.15, 0.2) is 24.3 Å². The predicted octanol–water partition coefficient (Wildman–Crippen LogP) is 2.09. The van der Waals surface area contributed by atoms with E-state index in [0.717, 1.165) is 17.9 Å². The van der Waals surface area contributed by atoms with Gasteiger partial charge >= 0.3 is 0 Å². The summed E-state index contributed by atoms with van der Waals surface area (Å²) in [6.45, 7) is 3.30. The number of benzene rings is 1. The van der Waals surface area contributed by atoms with Crippen molar-refractivity contribution in [2.75, 3.05) is 6.54 Å². The summed E-state index contributed by atoms with van der Waals surface area (Å²) >= 11 is 0. The van der Waals surface area contributed by atoms with Crippen LogP contribution in [0, 0.1) is 0 Å². The van der Waals surface area contributed by atoms with Gasteiger partial charge in [-0.3, -0.25) is 0 Å². The third-order valence-corrected chi connectivity index (χ3v) is 3.34. The van der Waals surface area contributed by atoms with Gasteiger partial charge < -0.3 is 15.2 Å². The van der Waals surface area contributed by atoms with Gasteiger partial charge in [0, 0.05) is 6.04 Å². The first-order chi connectivity index (χ1) is 8.29. The average molecular weight is 235 g/mol. The number of hydrogen-bond donors (Lipinski definition) is 2. The molecule has 0 aromatic heterocycles. The average Bonchev–Trinajstić information content (AvgIpc) is 2.40. The van der Waals surface area contributed by atoms with Gasteiger partial charge in [-0.2, -0.15) is 0 Å². The van der Waals surface area contributed by atoms with Crippen molar-refractivity contribution in [3.8, 4) is 5.75 Å². The van der Waals surface area contributed by atoms with Gasteiger partial charge in [0.15, 0.2) is 0 Å². The first kappa shape index (κ1) is 12.4. The minimum Gasteiger partial charge on any atom is -0.489 e. The maximum Gasteiger partial charge on any atom is 0.119 e. The van der Waals surface area contributed by atoms with Crippen molar-refractivity contribution in [3.63, 3.8) is 0 Å². The van der Waals surface area contributed by atoms with Crippen molar-refractivity contribution in [1.29, 1.82) is 0 Å². The number of nitrogens with one attached hydrogen (secondary N) is 1. The van der Waals surface area contributed by atoms with E-state index >= 15 is 0 Å². The highest BCUT2D eigenvalue weighted by Crippen LogP contribution is 2.18. The maximum absolute atomic E-state index is 8.96. The third-order valence-electron chi connectivity index (χ3n) is 3.34. The number of ether oxygens (including phenoxy) is 1. The van der Waals surface area contributed by atoms with Crippen LogP contribution in [0.25, 0.3) is 0 Å². The summed E-state index contributed by atoms with van der Waals surface area (Å²) in [5, 5.41) is 12.5. The molecular weight excluding hydrogens is 214 g/mol. The molecule has 2 N–H and O–H groups in total. The Hall–Kier alpha value is -1.06. The van der Waals surface area contributed by atoms with Crippen LogP contribution in [0.2, 0.25) is 0 Å². The normalized spacial score (nSPS) is 22.1. The Morgan fingerprint density at radius 1 is 1.35 bits per heavy atom. The molecule has 1 saturated heterocycles. The molecular formula is C14H21NO2. The SMILES string of the molecule is CC(Oc1ccc(CO)cc1)C1CCCCN1. The van der Waals surface area contributed by atoms with E-state index in [-0.39, 0.29) is 12.7 Å². The maximum atomic E-state index is 8.96. The molecule has 0 radical (unpaired) electrons. The van der Waals surface area contributed by atoms with E-state index in [2.05, 4.69) is 12.2 Å². The summed E-state index contributed by atoms with van der Waals surface area (Å²) in [4.78, 5) is 0. The third kappa shape index (κ3) is 3.45. The second-order valence-electron chi connectivity index (χ2n) is 4.68. The smallest absolute Gasteiger partial charge is 0.119 e. The number of aliphatic hydroxyl groups is 1. The highest BCUT2D eigenvalue weighted by molar-refractivity contribution is 5.27. The highest BCUT2D eigenvalue weighted by atomic mass is 16.5. The zero-order valence-electron chi connectivity index (χ0n) is 10.4. The van der Waals surface area contributed by atoms with Gasteiger partial charge in [-0.05, 0) is 44.0 Å². The number of hydrogen-bond acceptors (Lipinski definition) is 3. The van der Waals surface area contributed by atoms with Crippen molar-refractivity contribution in [2.24, 2.45) is 0 Å². The molecule has 1 aromatic rings. The molecule has 0 saturated carbocycles. The molecule has 1 fully saturated rings. The van der Waals surface area contributed by atoms with E-state index < -0.39 is 0 Å². The van der Waals surface area contributed by atoms with Crippen molar-refractivity contribution in [3.05, 3.63) is 29.8 Å². The van der Waals surface area contributed by atoms with Gasteiger partial charge in [-0.15, -0.1) is 0 Å². The van der Waals surface area contributed by atoms with Crippen LogP contribution in [0.4, 0.5) is 0 Å².